The van der Waals surface area contributed by atoms with E-state index in [1.807, 2.05) is 0 Å². The van der Waals surface area contributed by atoms with Gasteiger partial charge in [-0.3, -0.25) is 4.90 Å². The van der Waals surface area contributed by atoms with Crippen molar-refractivity contribution in [2.24, 2.45) is 5.92 Å². The van der Waals surface area contributed by atoms with Gasteiger partial charge in [0.05, 0.1) is 6.61 Å². The molecule has 4 heteroatoms. The van der Waals surface area contributed by atoms with Crippen molar-refractivity contribution in [3.05, 3.63) is 0 Å². The zero-order chi connectivity index (χ0) is 14.4. The third-order valence-corrected chi connectivity index (χ3v) is 4.88. The minimum Gasteiger partial charge on any atom is -0.381 e. The van der Waals surface area contributed by atoms with E-state index in [0.29, 0.717) is 18.0 Å². The molecule has 20 heavy (non-hydrogen) atoms. The van der Waals surface area contributed by atoms with Crippen LogP contribution in [0.15, 0.2) is 0 Å². The van der Waals surface area contributed by atoms with Gasteiger partial charge in [0.25, 0.3) is 0 Å². The van der Waals surface area contributed by atoms with Crippen molar-refractivity contribution in [3.63, 3.8) is 0 Å². The summed E-state index contributed by atoms with van der Waals surface area (Å²) < 4.78 is 5.73. The maximum absolute atomic E-state index is 5.73. The van der Waals surface area contributed by atoms with Crippen LogP contribution in [0.3, 0.4) is 0 Å². The third kappa shape index (κ3) is 4.42. The molecular weight excluding hydrogens is 250 g/mol. The molecule has 0 aromatic rings. The lowest BCUT2D eigenvalue weighted by atomic mass is 9.94. The molecule has 0 bridgehead atoms. The van der Waals surface area contributed by atoms with Gasteiger partial charge < -0.3 is 15.0 Å². The molecule has 4 nitrogen and oxygen atoms in total. The second-order valence-electron chi connectivity index (χ2n) is 6.42. The van der Waals surface area contributed by atoms with Crippen LogP contribution in [0.2, 0.25) is 0 Å². The van der Waals surface area contributed by atoms with Crippen LogP contribution in [0.1, 0.15) is 33.6 Å². The lowest BCUT2D eigenvalue weighted by molar-refractivity contribution is 0.00220. The van der Waals surface area contributed by atoms with Gasteiger partial charge in [-0.05, 0) is 32.9 Å². The van der Waals surface area contributed by atoms with Gasteiger partial charge in [-0.25, -0.2) is 0 Å². The molecule has 0 spiro atoms. The largest absolute Gasteiger partial charge is 0.381 e. The summed E-state index contributed by atoms with van der Waals surface area (Å²) in [5, 5.41) is 3.73. The first-order chi connectivity index (χ1) is 9.74. The number of piperazine rings is 1. The average Bonchev–Trinajstić information content (AvgIpc) is 2.46. The first-order valence-corrected chi connectivity index (χ1v) is 8.52. The number of likely N-dealkylation sites (N-methyl/N-ethyl adjacent to an activating group) is 1. The van der Waals surface area contributed by atoms with Crippen LogP contribution < -0.4 is 5.32 Å². The first kappa shape index (κ1) is 16.2. The fraction of sp³-hybridized carbons (Fsp3) is 1.00. The number of ether oxygens (including phenoxy) is 1. The highest BCUT2D eigenvalue weighted by Crippen LogP contribution is 2.18. The van der Waals surface area contributed by atoms with E-state index in [9.17, 15) is 0 Å². The van der Waals surface area contributed by atoms with E-state index in [1.54, 1.807) is 0 Å². The zero-order valence-electron chi connectivity index (χ0n) is 13.6. The van der Waals surface area contributed by atoms with Crippen molar-refractivity contribution < 1.29 is 4.74 Å². The normalized spacial score (nSPS) is 33.5. The molecule has 2 heterocycles. The highest BCUT2D eigenvalue weighted by atomic mass is 16.5. The molecule has 0 amide bonds. The van der Waals surface area contributed by atoms with Gasteiger partial charge in [0, 0.05) is 50.8 Å². The van der Waals surface area contributed by atoms with Gasteiger partial charge in [0.15, 0.2) is 0 Å². The van der Waals surface area contributed by atoms with Crippen molar-refractivity contribution in [2.45, 2.75) is 45.7 Å². The summed E-state index contributed by atoms with van der Waals surface area (Å²) in [6, 6.07) is 1.35. The molecule has 3 atom stereocenters. The summed E-state index contributed by atoms with van der Waals surface area (Å²) in [4.78, 5) is 5.23. The van der Waals surface area contributed by atoms with Gasteiger partial charge >= 0.3 is 0 Å². The molecule has 0 aromatic heterocycles. The van der Waals surface area contributed by atoms with Crippen LogP contribution in [0.4, 0.5) is 0 Å². The summed E-state index contributed by atoms with van der Waals surface area (Å²) in [6.07, 6.45) is 2.39. The summed E-state index contributed by atoms with van der Waals surface area (Å²) in [7, 11) is 0. The average molecular weight is 283 g/mol. The Labute approximate surface area is 124 Å². The second kappa shape index (κ2) is 8.32. The van der Waals surface area contributed by atoms with Gasteiger partial charge in [-0.15, -0.1) is 0 Å². The number of rotatable bonds is 6. The van der Waals surface area contributed by atoms with Gasteiger partial charge in [-0.2, -0.15) is 0 Å². The van der Waals surface area contributed by atoms with E-state index in [1.165, 1.54) is 45.6 Å². The third-order valence-electron chi connectivity index (χ3n) is 4.88. The molecule has 0 aliphatic carbocycles. The fourth-order valence-electron chi connectivity index (χ4n) is 3.61. The Hall–Kier alpha value is -0.160. The van der Waals surface area contributed by atoms with Crippen molar-refractivity contribution in [1.82, 2.24) is 15.1 Å². The lowest BCUT2D eigenvalue weighted by Crippen LogP contribution is -2.55. The van der Waals surface area contributed by atoms with Crippen molar-refractivity contribution in [3.8, 4) is 0 Å². The van der Waals surface area contributed by atoms with Gasteiger partial charge in [-0.1, -0.05) is 13.8 Å². The molecule has 0 saturated carbocycles. The molecule has 2 saturated heterocycles. The Kier molecular flexibility index (Phi) is 6.75. The molecule has 0 aromatic carbocycles. The standard InChI is InChI=1S/C16H33N3O/c1-4-7-17-16-6-10-20-13-15(16)12-18-8-9-19(5-2)14(3)11-18/h14-17H,4-13H2,1-3H3. The molecule has 0 radical (unpaired) electrons. The van der Waals surface area contributed by atoms with Crippen LogP contribution in [0.5, 0.6) is 0 Å². The predicted molar refractivity (Wildman–Crippen MR) is 84.2 cm³/mol. The van der Waals surface area contributed by atoms with Crippen LogP contribution in [0.25, 0.3) is 0 Å². The fourth-order valence-corrected chi connectivity index (χ4v) is 3.61. The van der Waals surface area contributed by atoms with Gasteiger partial charge in [0.1, 0.15) is 0 Å². The van der Waals surface area contributed by atoms with E-state index < -0.39 is 0 Å². The van der Waals surface area contributed by atoms with Crippen LogP contribution >= 0.6 is 0 Å². The Balaban J connectivity index is 1.81. The zero-order valence-corrected chi connectivity index (χ0v) is 13.6. The van der Waals surface area contributed by atoms with Crippen molar-refractivity contribution in [1.29, 1.82) is 0 Å². The van der Waals surface area contributed by atoms with E-state index in [-0.39, 0.29) is 0 Å². The van der Waals surface area contributed by atoms with Crippen LogP contribution in [-0.2, 0) is 4.74 Å². The molecule has 3 unspecified atom stereocenters. The monoisotopic (exact) mass is 283 g/mol. The maximum Gasteiger partial charge on any atom is 0.0521 e. The maximum atomic E-state index is 5.73. The molecule has 1 N–H and O–H groups in total. The number of hydrogen-bond acceptors (Lipinski definition) is 4. The SMILES string of the molecule is CCCNC1CCOCC1CN1CCN(CC)C(C)C1. The van der Waals surface area contributed by atoms with Crippen LogP contribution in [-0.4, -0.2) is 74.4 Å². The molecule has 2 aliphatic heterocycles. The number of hydrogen-bond donors (Lipinski definition) is 1. The van der Waals surface area contributed by atoms with Crippen LogP contribution in [0, 0.1) is 5.92 Å². The van der Waals surface area contributed by atoms with E-state index in [0.717, 1.165) is 19.8 Å². The quantitative estimate of drug-likeness (QED) is 0.798. The number of nitrogens with zero attached hydrogens (tertiary/aromatic N) is 2. The summed E-state index contributed by atoms with van der Waals surface area (Å²) >= 11 is 0. The Morgan fingerprint density at radius 1 is 1.25 bits per heavy atom. The van der Waals surface area contributed by atoms with Crippen molar-refractivity contribution in [2.75, 3.05) is 52.5 Å². The minimum atomic E-state index is 0.656. The second-order valence-corrected chi connectivity index (χ2v) is 6.42. The molecule has 2 aliphatic rings. The molecule has 118 valence electrons. The Morgan fingerprint density at radius 3 is 2.80 bits per heavy atom. The number of nitrogens with one attached hydrogen (secondary N) is 1. The topological polar surface area (TPSA) is 27.7 Å². The smallest absolute Gasteiger partial charge is 0.0521 e. The molecule has 2 rings (SSSR count). The summed E-state index contributed by atoms with van der Waals surface area (Å²) in [5.41, 5.74) is 0. The Morgan fingerprint density at radius 2 is 2.10 bits per heavy atom. The van der Waals surface area contributed by atoms with E-state index in [2.05, 4.69) is 35.9 Å². The van der Waals surface area contributed by atoms with Crippen molar-refractivity contribution >= 4 is 0 Å². The first-order valence-electron chi connectivity index (χ1n) is 8.52. The predicted octanol–water partition coefficient (Wildman–Crippen LogP) is 1.42. The van der Waals surface area contributed by atoms with E-state index in [4.69, 9.17) is 4.74 Å². The lowest BCUT2D eigenvalue weighted by Gasteiger charge is -2.42. The molecular formula is C16H33N3O. The highest BCUT2D eigenvalue weighted by Gasteiger charge is 2.29. The highest BCUT2D eigenvalue weighted by molar-refractivity contribution is 4.85. The summed E-state index contributed by atoms with van der Waals surface area (Å²) in [5.74, 6) is 0.663. The van der Waals surface area contributed by atoms with Gasteiger partial charge in [0.2, 0.25) is 0 Å². The van der Waals surface area contributed by atoms with E-state index >= 15 is 0 Å². The Bertz CT molecular complexity index is 274. The molecule has 2 fully saturated rings. The summed E-state index contributed by atoms with van der Waals surface area (Å²) in [6.45, 7) is 15.9. The minimum absolute atomic E-state index is 0.656.